The van der Waals surface area contributed by atoms with Crippen molar-refractivity contribution in [2.75, 3.05) is 39.5 Å². The molecule has 0 aromatic rings. The van der Waals surface area contributed by atoms with Crippen molar-refractivity contribution in [1.82, 2.24) is 4.90 Å². The van der Waals surface area contributed by atoms with Crippen molar-refractivity contribution >= 4 is 23.5 Å². The lowest BCUT2D eigenvalue weighted by atomic mass is 10.4. The zero-order chi connectivity index (χ0) is 30.8. The SMILES string of the molecule is O=P(O)(O)O.O=P(O)(O)OP(=O)(O)O.O=[N+]([O-])O.O=[N+]([O-])O.O=[N+]([O-])O.OCCN(CCO)CCO. The highest BCUT2D eigenvalue weighted by Gasteiger charge is 2.27. The first kappa shape index (κ1) is 47.1. The third-order valence-corrected chi connectivity index (χ3v) is 3.16. The fourth-order valence-electron chi connectivity index (χ4n) is 0.898. The minimum Gasteiger partial charge on any atom is -0.395 e. The molecule has 0 fully saturated rings. The summed E-state index contributed by atoms with van der Waals surface area (Å²) >= 11 is 0. The molecular formula is C6H25N4O23P3. The largest absolute Gasteiger partial charge is 0.478 e. The molecule has 0 amide bonds. The zero-order valence-electron chi connectivity index (χ0n) is 17.3. The Labute approximate surface area is 197 Å². The van der Waals surface area contributed by atoms with Crippen molar-refractivity contribution < 1.29 is 98.5 Å². The van der Waals surface area contributed by atoms with Crippen molar-refractivity contribution in [1.29, 1.82) is 0 Å². The van der Waals surface area contributed by atoms with E-state index in [4.69, 9.17) is 100 Å². The van der Waals surface area contributed by atoms with Gasteiger partial charge in [0.05, 0.1) is 19.8 Å². The van der Waals surface area contributed by atoms with E-state index in [1.807, 2.05) is 0 Å². The standard InChI is InChI=1S/C6H15NO3.3HNO3.H4O7P2.H3O4P/c8-4-1-7(2-5-9)3-6-10;3*2-1(3)4;1-8(2,3)7-9(4,5)6;1-5(2,3)4/h8-10H,1-6H2;3*(H,2,3,4);(H2,1,2,3)(H2,4,5,6);(H3,1,2,3,4). The summed E-state index contributed by atoms with van der Waals surface area (Å²) in [7, 11) is -14.7. The van der Waals surface area contributed by atoms with E-state index in [1.165, 1.54) is 0 Å². The Balaban J connectivity index is -0.0000000790. The molecule has 0 bridgehead atoms. The Bertz CT molecular complexity index is 602. The molecule has 0 aliphatic heterocycles. The maximum atomic E-state index is 9.63. The highest BCUT2D eigenvalue weighted by Crippen LogP contribution is 2.53. The van der Waals surface area contributed by atoms with Crippen LogP contribution in [0.4, 0.5) is 0 Å². The fourth-order valence-corrected chi connectivity index (χ4v) is 2.01. The minimum absolute atomic E-state index is 0.0694. The summed E-state index contributed by atoms with van der Waals surface area (Å²) in [6.45, 7) is 1.75. The molecule has 0 aromatic heterocycles. The maximum Gasteiger partial charge on any atom is 0.478 e. The monoisotopic (exact) mass is 614 g/mol. The van der Waals surface area contributed by atoms with Crippen molar-refractivity contribution in [2.45, 2.75) is 0 Å². The number of rotatable bonds is 8. The number of nitrogens with zero attached hydrogens (tertiary/aromatic N) is 4. The molecule has 0 atom stereocenters. The number of aliphatic hydroxyl groups is 3. The molecule has 0 aromatic carbocycles. The normalized spacial score (nSPS) is 10.1. The lowest BCUT2D eigenvalue weighted by Gasteiger charge is -2.17. The Morgan fingerprint density at radius 1 is 0.583 bits per heavy atom. The van der Waals surface area contributed by atoms with E-state index >= 15 is 0 Å². The molecule has 0 unspecified atom stereocenters. The Morgan fingerprint density at radius 2 is 0.722 bits per heavy atom. The van der Waals surface area contributed by atoms with Gasteiger partial charge in [0, 0.05) is 19.6 Å². The predicted molar refractivity (Wildman–Crippen MR) is 103 cm³/mol. The van der Waals surface area contributed by atoms with Crippen LogP contribution >= 0.6 is 23.5 Å². The van der Waals surface area contributed by atoms with Gasteiger partial charge in [-0.3, -0.25) is 4.90 Å². The number of hydrogen-bond acceptors (Lipinski definition) is 14. The second-order valence-corrected chi connectivity index (χ2v) is 7.94. The molecule has 27 nitrogen and oxygen atoms in total. The molecular weight excluding hydrogens is 589 g/mol. The minimum atomic E-state index is -5.05. The van der Waals surface area contributed by atoms with Crippen molar-refractivity contribution in [2.24, 2.45) is 0 Å². The van der Waals surface area contributed by atoms with Gasteiger partial charge in [-0.05, 0) is 0 Å². The van der Waals surface area contributed by atoms with Crippen LogP contribution in [0, 0.1) is 30.3 Å². The molecule has 0 radical (unpaired) electrons. The van der Waals surface area contributed by atoms with Crippen LogP contribution in [0.25, 0.3) is 0 Å². The van der Waals surface area contributed by atoms with Gasteiger partial charge in [0.25, 0.3) is 15.3 Å². The van der Waals surface area contributed by atoms with Crippen LogP contribution in [0.15, 0.2) is 0 Å². The first-order valence-corrected chi connectivity index (χ1v) is 12.0. The van der Waals surface area contributed by atoms with Crippen molar-refractivity contribution in [3.05, 3.63) is 30.3 Å². The van der Waals surface area contributed by atoms with Crippen LogP contribution in [0.5, 0.6) is 0 Å². The summed E-state index contributed by atoms with van der Waals surface area (Å²) in [6, 6.07) is 0. The van der Waals surface area contributed by atoms with Gasteiger partial charge in [0.2, 0.25) is 0 Å². The van der Waals surface area contributed by atoms with Crippen LogP contribution in [0.2, 0.25) is 0 Å². The first-order valence-electron chi connectivity index (χ1n) is 7.41. The lowest BCUT2D eigenvalue weighted by Crippen LogP contribution is -2.32. The van der Waals surface area contributed by atoms with Gasteiger partial charge in [-0.15, -0.1) is 30.3 Å². The second-order valence-electron chi connectivity index (χ2n) is 4.30. The lowest BCUT2D eigenvalue weighted by molar-refractivity contribution is -0.742. The molecule has 0 spiro atoms. The maximum absolute atomic E-state index is 9.63. The van der Waals surface area contributed by atoms with Gasteiger partial charge >= 0.3 is 23.5 Å². The molecule has 0 saturated heterocycles. The van der Waals surface area contributed by atoms with E-state index < -0.39 is 38.7 Å². The second kappa shape index (κ2) is 27.4. The van der Waals surface area contributed by atoms with E-state index in [2.05, 4.69) is 4.31 Å². The van der Waals surface area contributed by atoms with Crippen LogP contribution in [-0.4, -0.2) is 125 Å². The van der Waals surface area contributed by atoms with E-state index in [9.17, 15) is 9.13 Å². The van der Waals surface area contributed by atoms with Crippen LogP contribution in [0.3, 0.4) is 0 Å². The summed E-state index contributed by atoms with van der Waals surface area (Å²) < 4.78 is 31.1. The Hall–Kier alpha value is -2.19. The third kappa shape index (κ3) is 184. The predicted octanol–water partition coefficient (Wildman–Crippen LogP) is -4.52. The van der Waals surface area contributed by atoms with Crippen LogP contribution < -0.4 is 0 Å². The van der Waals surface area contributed by atoms with Gasteiger partial charge in [-0.2, -0.15) is 4.31 Å². The Morgan fingerprint density at radius 3 is 0.778 bits per heavy atom. The fraction of sp³-hybridized carbons (Fsp3) is 1.00. The average molecular weight is 614 g/mol. The average Bonchev–Trinajstić information content (AvgIpc) is 2.49. The van der Waals surface area contributed by atoms with Gasteiger partial charge in [-0.25, -0.2) is 13.7 Å². The molecule has 0 heterocycles. The quantitative estimate of drug-likeness (QED) is 0.0695. The van der Waals surface area contributed by atoms with Gasteiger partial charge in [-0.1, -0.05) is 0 Å². The van der Waals surface area contributed by atoms with Gasteiger partial charge in [0.1, 0.15) is 0 Å². The number of phosphoric acid groups is 3. The molecule has 13 N–H and O–H groups in total. The summed E-state index contributed by atoms with van der Waals surface area (Å²) in [5, 5.41) is 66.4. The molecule has 36 heavy (non-hydrogen) atoms. The van der Waals surface area contributed by atoms with Crippen LogP contribution in [0.1, 0.15) is 0 Å². The molecule has 222 valence electrons. The highest BCUT2D eigenvalue weighted by molar-refractivity contribution is 7.60. The summed E-state index contributed by atoms with van der Waals surface area (Å²) in [6.07, 6.45) is 0. The van der Waals surface area contributed by atoms with Gasteiger partial charge < -0.3 is 65.2 Å². The van der Waals surface area contributed by atoms with Crippen molar-refractivity contribution in [3.8, 4) is 0 Å². The molecule has 0 rings (SSSR count). The number of hydrogen-bond donors (Lipinski definition) is 13. The van der Waals surface area contributed by atoms with E-state index in [0.717, 1.165) is 0 Å². The topological polar surface area (TPSA) is 456 Å². The highest BCUT2D eigenvalue weighted by atomic mass is 31.3. The smallest absolute Gasteiger partial charge is 0.395 e. The first-order chi connectivity index (χ1) is 15.7. The van der Waals surface area contributed by atoms with E-state index in [-0.39, 0.29) is 19.8 Å². The van der Waals surface area contributed by atoms with Gasteiger partial charge in [0.15, 0.2) is 0 Å². The Kier molecular flexibility index (Phi) is 35.8. The molecule has 30 heteroatoms. The van der Waals surface area contributed by atoms with Crippen molar-refractivity contribution in [3.63, 3.8) is 0 Å². The molecule has 0 aliphatic rings. The summed E-state index contributed by atoms with van der Waals surface area (Å²) in [5.74, 6) is 0. The number of aliphatic hydroxyl groups excluding tert-OH is 3. The third-order valence-electron chi connectivity index (χ3n) is 1.46. The summed E-state index contributed by atoms with van der Waals surface area (Å²) in [5.41, 5.74) is 0. The zero-order valence-corrected chi connectivity index (χ0v) is 20.0. The van der Waals surface area contributed by atoms with Crippen LogP contribution in [-0.2, 0) is 18.0 Å². The molecule has 0 aliphatic carbocycles. The summed E-state index contributed by atoms with van der Waals surface area (Å²) in [4.78, 5) is 79.4. The van der Waals surface area contributed by atoms with E-state index in [0.29, 0.717) is 19.6 Å². The molecule has 0 saturated carbocycles. The van der Waals surface area contributed by atoms with E-state index in [1.54, 1.807) is 4.90 Å².